The van der Waals surface area contributed by atoms with E-state index in [0.717, 1.165) is 0 Å². The minimum Gasteiger partial charge on any atom is -0.382 e. The maximum atomic E-state index is 11.2. The predicted molar refractivity (Wildman–Crippen MR) is 74.1 cm³/mol. The van der Waals surface area contributed by atoms with Crippen LogP contribution >= 0.6 is 7.60 Å². The molecule has 0 saturated carbocycles. The minimum atomic E-state index is -4.22. The highest BCUT2D eigenvalue weighted by Crippen LogP contribution is 2.48. The normalized spacial score (nSPS) is 23.0. The summed E-state index contributed by atoms with van der Waals surface area (Å²) in [6.45, 7) is 0.364. The van der Waals surface area contributed by atoms with Crippen molar-refractivity contribution < 1.29 is 19.1 Å². The molecule has 0 spiro atoms. The Morgan fingerprint density at radius 2 is 2.14 bits per heavy atom. The molecule has 2 atom stereocenters. The van der Waals surface area contributed by atoms with Crippen LogP contribution in [-0.4, -0.2) is 41.3 Å². The highest BCUT2D eigenvalue weighted by Gasteiger charge is 2.37. The summed E-state index contributed by atoms with van der Waals surface area (Å²) >= 11 is 0. The fraction of sp³-hybridized carbons (Fsp3) is 0.500. The third-order valence-electron chi connectivity index (χ3n) is 3.37. The molecule has 3 heterocycles. The lowest BCUT2D eigenvalue weighted by atomic mass is 10.2. The third-order valence-corrected chi connectivity index (χ3v) is 4.50. The smallest absolute Gasteiger partial charge is 0.354 e. The summed E-state index contributed by atoms with van der Waals surface area (Å²) in [6, 6.07) is 0. The van der Waals surface area contributed by atoms with Crippen LogP contribution in [0.25, 0.3) is 11.2 Å². The summed E-state index contributed by atoms with van der Waals surface area (Å²) in [5.41, 5.74) is 12.2. The first-order valence-corrected chi connectivity index (χ1v) is 7.97. The quantitative estimate of drug-likeness (QED) is 0.555. The van der Waals surface area contributed by atoms with Gasteiger partial charge in [-0.3, -0.25) is 4.57 Å². The van der Waals surface area contributed by atoms with Gasteiger partial charge < -0.3 is 30.6 Å². The van der Waals surface area contributed by atoms with Gasteiger partial charge in [0.1, 0.15) is 5.52 Å². The molecule has 0 aliphatic carbocycles. The first-order valence-electron chi connectivity index (χ1n) is 6.29. The molecule has 1 fully saturated rings. The van der Waals surface area contributed by atoms with Crippen LogP contribution in [0, 0.1) is 0 Å². The van der Waals surface area contributed by atoms with Crippen molar-refractivity contribution in [3.63, 3.8) is 0 Å². The topological polar surface area (TPSA) is 162 Å². The molecule has 3 rings (SSSR count). The highest BCUT2D eigenvalue weighted by molar-refractivity contribution is 7.52. The summed E-state index contributed by atoms with van der Waals surface area (Å²) in [6.07, 6.45) is 2.08. The van der Waals surface area contributed by atoms with Gasteiger partial charge in [-0.15, -0.1) is 0 Å². The Labute approximate surface area is 119 Å². The summed E-state index contributed by atoms with van der Waals surface area (Å²) in [4.78, 5) is 30.3. The summed E-state index contributed by atoms with van der Waals surface area (Å²) < 4.78 is 18.3. The SMILES string of the molecule is Nc1nc(N)c2ncn(C[C@@H]3CC[C@H](P(=O)(O)O)O3)c2n1. The van der Waals surface area contributed by atoms with Gasteiger partial charge in [0.2, 0.25) is 5.95 Å². The molecule has 2 aromatic rings. The Hall–Kier alpha value is -1.74. The van der Waals surface area contributed by atoms with Crippen molar-refractivity contribution in [2.24, 2.45) is 0 Å². The van der Waals surface area contributed by atoms with Gasteiger partial charge in [0.25, 0.3) is 0 Å². The molecule has 0 radical (unpaired) electrons. The average Bonchev–Trinajstić information content (AvgIpc) is 2.97. The van der Waals surface area contributed by atoms with E-state index in [0.29, 0.717) is 30.6 Å². The molecule has 1 saturated heterocycles. The van der Waals surface area contributed by atoms with E-state index in [1.165, 1.54) is 6.33 Å². The van der Waals surface area contributed by atoms with E-state index in [1.54, 1.807) is 4.57 Å². The molecule has 1 aliphatic heterocycles. The maximum Gasteiger partial charge on any atom is 0.354 e. The van der Waals surface area contributed by atoms with E-state index < -0.39 is 13.4 Å². The molecule has 0 amide bonds. The van der Waals surface area contributed by atoms with E-state index >= 15 is 0 Å². The Morgan fingerprint density at radius 1 is 1.38 bits per heavy atom. The predicted octanol–water partition coefficient (Wildman–Crippen LogP) is -0.327. The summed E-state index contributed by atoms with van der Waals surface area (Å²) in [5, 5.41) is 0. The van der Waals surface area contributed by atoms with Crippen molar-refractivity contribution in [1.29, 1.82) is 0 Å². The van der Waals surface area contributed by atoms with Crippen LogP contribution in [0.1, 0.15) is 12.8 Å². The number of hydrogen-bond acceptors (Lipinski definition) is 7. The van der Waals surface area contributed by atoms with Crippen LogP contribution in [0.5, 0.6) is 0 Å². The fourth-order valence-electron chi connectivity index (χ4n) is 2.41. The number of imidazole rings is 1. The van der Waals surface area contributed by atoms with Crippen molar-refractivity contribution in [1.82, 2.24) is 19.5 Å². The number of rotatable bonds is 3. The standard InChI is InChI=1S/C10H15N6O4P/c11-8-7-9(15-10(12)14-8)16(4-13-7)3-5-1-2-6(20-5)21(17,18)19/h4-6H,1-3H2,(H2,17,18,19)(H4,11,12,14,15)/t5-,6-/m0/s1. The van der Waals surface area contributed by atoms with E-state index in [-0.39, 0.29) is 17.9 Å². The van der Waals surface area contributed by atoms with E-state index in [9.17, 15) is 4.57 Å². The monoisotopic (exact) mass is 314 g/mol. The van der Waals surface area contributed by atoms with E-state index in [1.807, 2.05) is 0 Å². The zero-order valence-corrected chi connectivity index (χ0v) is 11.8. The van der Waals surface area contributed by atoms with E-state index in [4.69, 9.17) is 26.0 Å². The van der Waals surface area contributed by atoms with Gasteiger partial charge in [0, 0.05) is 0 Å². The third kappa shape index (κ3) is 2.70. The first kappa shape index (κ1) is 14.2. The Balaban J connectivity index is 1.82. The van der Waals surface area contributed by atoms with Gasteiger partial charge in [0.15, 0.2) is 17.3 Å². The van der Waals surface area contributed by atoms with Gasteiger partial charge in [-0.1, -0.05) is 0 Å². The molecule has 0 unspecified atom stereocenters. The largest absolute Gasteiger partial charge is 0.382 e. The van der Waals surface area contributed by atoms with Gasteiger partial charge in [-0.25, -0.2) is 4.98 Å². The first-order chi connectivity index (χ1) is 9.84. The van der Waals surface area contributed by atoms with Gasteiger partial charge in [0.05, 0.1) is 19.0 Å². The molecule has 21 heavy (non-hydrogen) atoms. The van der Waals surface area contributed by atoms with Gasteiger partial charge in [-0.2, -0.15) is 9.97 Å². The number of aromatic nitrogens is 4. The van der Waals surface area contributed by atoms with Crippen LogP contribution in [-0.2, 0) is 15.8 Å². The second-order valence-electron chi connectivity index (χ2n) is 4.92. The highest BCUT2D eigenvalue weighted by atomic mass is 31.2. The molecular weight excluding hydrogens is 299 g/mol. The average molecular weight is 314 g/mol. The van der Waals surface area contributed by atoms with Crippen LogP contribution < -0.4 is 11.5 Å². The fourth-order valence-corrected chi connectivity index (χ4v) is 3.22. The lowest BCUT2D eigenvalue weighted by Gasteiger charge is -2.15. The van der Waals surface area contributed by atoms with Crippen LogP contribution in [0.4, 0.5) is 11.8 Å². The lowest BCUT2D eigenvalue weighted by molar-refractivity contribution is 0.0621. The summed E-state index contributed by atoms with van der Waals surface area (Å²) in [7, 11) is -4.22. The number of hydrogen-bond donors (Lipinski definition) is 4. The van der Waals surface area contributed by atoms with Crippen molar-refractivity contribution in [2.75, 3.05) is 11.5 Å². The van der Waals surface area contributed by atoms with Crippen molar-refractivity contribution in [3.05, 3.63) is 6.33 Å². The second-order valence-corrected chi connectivity index (χ2v) is 6.67. The molecule has 10 nitrogen and oxygen atoms in total. The number of nitrogens with two attached hydrogens (primary N) is 2. The number of anilines is 2. The van der Waals surface area contributed by atoms with Crippen LogP contribution in [0.15, 0.2) is 6.33 Å². The molecule has 2 aromatic heterocycles. The molecule has 114 valence electrons. The maximum absolute atomic E-state index is 11.2. The van der Waals surface area contributed by atoms with E-state index in [2.05, 4.69) is 15.0 Å². The molecule has 6 N–H and O–H groups in total. The summed E-state index contributed by atoms with van der Waals surface area (Å²) in [5.74, 6) is -0.805. The zero-order chi connectivity index (χ0) is 15.2. The zero-order valence-electron chi connectivity index (χ0n) is 11.0. The van der Waals surface area contributed by atoms with Crippen molar-refractivity contribution in [3.8, 4) is 0 Å². The molecule has 0 aromatic carbocycles. The Kier molecular flexibility index (Phi) is 3.33. The Bertz CT molecular complexity index is 728. The van der Waals surface area contributed by atoms with Gasteiger partial charge >= 0.3 is 7.60 Å². The lowest BCUT2D eigenvalue weighted by Crippen LogP contribution is -2.17. The molecule has 0 bridgehead atoms. The number of fused-ring (bicyclic) bond motifs is 1. The van der Waals surface area contributed by atoms with Gasteiger partial charge in [-0.05, 0) is 12.8 Å². The molecule has 1 aliphatic rings. The number of nitrogens with zero attached hydrogens (tertiary/aromatic N) is 4. The number of ether oxygens (including phenoxy) is 1. The van der Waals surface area contributed by atoms with Crippen molar-refractivity contribution in [2.45, 2.75) is 31.3 Å². The number of nitrogen functional groups attached to an aromatic ring is 2. The molecular formula is C10H15N6O4P. The minimum absolute atomic E-state index is 0.0437. The molecule has 11 heteroatoms. The second kappa shape index (κ2) is 4.92. The van der Waals surface area contributed by atoms with Crippen LogP contribution in [0.2, 0.25) is 0 Å². The van der Waals surface area contributed by atoms with Crippen LogP contribution in [0.3, 0.4) is 0 Å². The van der Waals surface area contributed by atoms with Crippen molar-refractivity contribution >= 4 is 30.5 Å². The Morgan fingerprint density at radius 3 is 2.81 bits per heavy atom.